The third-order valence-electron chi connectivity index (χ3n) is 2.75. The fourth-order valence-electron chi connectivity index (χ4n) is 1.84. The van der Waals surface area contributed by atoms with Gasteiger partial charge < -0.3 is 5.32 Å². The molecule has 1 aromatic carbocycles. The first-order chi connectivity index (χ1) is 9.22. The summed E-state index contributed by atoms with van der Waals surface area (Å²) in [4.78, 5) is 23.6. The molecule has 1 saturated heterocycles. The van der Waals surface area contributed by atoms with Crippen LogP contribution in [0.2, 0.25) is 0 Å². The van der Waals surface area contributed by atoms with Crippen LogP contribution in [-0.2, 0) is 4.79 Å². The molecule has 19 heavy (non-hydrogen) atoms. The van der Waals surface area contributed by atoms with E-state index in [1.165, 1.54) is 4.88 Å². The van der Waals surface area contributed by atoms with Crippen LogP contribution in [0.3, 0.4) is 0 Å². The molecule has 0 aliphatic carbocycles. The van der Waals surface area contributed by atoms with Crippen LogP contribution in [-0.4, -0.2) is 11.9 Å². The van der Waals surface area contributed by atoms with Crippen molar-refractivity contribution in [1.82, 2.24) is 10.6 Å². The maximum Gasteiger partial charge on any atom is 0.326 e. The van der Waals surface area contributed by atoms with Crippen molar-refractivity contribution in [2.24, 2.45) is 0 Å². The van der Waals surface area contributed by atoms with E-state index < -0.39 is 11.9 Å². The molecule has 0 atom stereocenters. The number of imide groups is 1. The number of urea groups is 1. The van der Waals surface area contributed by atoms with Gasteiger partial charge in [0.05, 0.1) is 0 Å². The van der Waals surface area contributed by atoms with Crippen LogP contribution >= 0.6 is 11.3 Å². The standard InChI is InChI=1S/C14H10N2O2S/c17-13-11(15-14(18)16-13)8-9-3-5-10(6-4-9)12-2-1-7-19-12/h1-8H,(H2,15,16,17,18). The Kier molecular flexibility index (Phi) is 2.89. The number of thiophene rings is 1. The summed E-state index contributed by atoms with van der Waals surface area (Å²) in [6.45, 7) is 0. The van der Waals surface area contributed by atoms with E-state index in [-0.39, 0.29) is 5.70 Å². The SMILES string of the molecule is O=C1NC(=O)C(=Cc2ccc(-c3cccs3)cc2)N1. The fourth-order valence-corrected chi connectivity index (χ4v) is 2.57. The van der Waals surface area contributed by atoms with Crippen molar-refractivity contribution in [3.05, 3.63) is 53.0 Å². The van der Waals surface area contributed by atoms with Gasteiger partial charge in [0.25, 0.3) is 5.91 Å². The zero-order valence-electron chi connectivity index (χ0n) is 9.84. The van der Waals surface area contributed by atoms with Gasteiger partial charge in [0.2, 0.25) is 0 Å². The average Bonchev–Trinajstić information content (AvgIpc) is 3.01. The first kappa shape index (κ1) is 11.7. The third kappa shape index (κ3) is 2.41. The number of amides is 3. The van der Waals surface area contributed by atoms with Gasteiger partial charge in [-0.3, -0.25) is 10.1 Å². The van der Waals surface area contributed by atoms with Crippen molar-refractivity contribution in [1.29, 1.82) is 0 Å². The lowest BCUT2D eigenvalue weighted by Crippen LogP contribution is -2.22. The van der Waals surface area contributed by atoms with Crippen LogP contribution in [0.25, 0.3) is 16.5 Å². The van der Waals surface area contributed by atoms with E-state index in [0.717, 1.165) is 11.1 Å². The van der Waals surface area contributed by atoms with Gasteiger partial charge in [-0.1, -0.05) is 30.3 Å². The number of hydrogen-bond acceptors (Lipinski definition) is 3. The van der Waals surface area contributed by atoms with E-state index in [9.17, 15) is 9.59 Å². The lowest BCUT2D eigenvalue weighted by molar-refractivity contribution is -0.115. The molecule has 3 rings (SSSR count). The largest absolute Gasteiger partial charge is 0.326 e. The summed E-state index contributed by atoms with van der Waals surface area (Å²) in [7, 11) is 0. The second-order valence-electron chi connectivity index (χ2n) is 4.07. The van der Waals surface area contributed by atoms with E-state index >= 15 is 0 Å². The lowest BCUT2D eigenvalue weighted by atomic mass is 10.1. The number of hydrogen-bond donors (Lipinski definition) is 2. The molecule has 1 aliphatic rings. The topological polar surface area (TPSA) is 58.2 Å². The smallest absolute Gasteiger partial charge is 0.303 e. The molecule has 5 heteroatoms. The van der Waals surface area contributed by atoms with Crippen molar-refractivity contribution in [2.45, 2.75) is 0 Å². The molecule has 94 valence electrons. The highest BCUT2D eigenvalue weighted by molar-refractivity contribution is 7.13. The molecular formula is C14H10N2O2S. The Balaban J connectivity index is 1.86. The van der Waals surface area contributed by atoms with Gasteiger partial charge in [-0.2, -0.15) is 0 Å². The Labute approximate surface area is 113 Å². The van der Waals surface area contributed by atoms with Crippen molar-refractivity contribution in [2.75, 3.05) is 0 Å². The molecule has 2 aromatic rings. The van der Waals surface area contributed by atoms with Crippen molar-refractivity contribution in [3.63, 3.8) is 0 Å². The predicted octanol–water partition coefficient (Wildman–Crippen LogP) is 2.60. The summed E-state index contributed by atoms with van der Waals surface area (Å²) < 4.78 is 0. The average molecular weight is 270 g/mol. The van der Waals surface area contributed by atoms with Gasteiger partial charge in [0.1, 0.15) is 5.70 Å². The number of nitrogens with one attached hydrogen (secondary N) is 2. The van der Waals surface area contributed by atoms with Gasteiger partial charge >= 0.3 is 6.03 Å². The molecule has 0 spiro atoms. The first-order valence-corrected chi connectivity index (χ1v) is 6.58. The van der Waals surface area contributed by atoms with Gasteiger partial charge in [-0.15, -0.1) is 11.3 Å². The first-order valence-electron chi connectivity index (χ1n) is 5.70. The second kappa shape index (κ2) is 4.70. The van der Waals surface area contributed by atoms with Gasteiger partial charge in [0, 0.05) is 4.88 Å². The zero-order chi connectivity index (χ0) is 13.2. The van der Waals surface area contributed by atoms with E-state index in [2.05, 4.69) is 16.7 Å². The third-order valence-corrected chi connectivity index (χ3v) is 3.67. The van der Waals surface area contributed by atoms with E-state index in [1.54, 1.807) is 17.4 Å². The Bertz CT molecular complexity index is 657. The normalized spacial score (nSPS) is 16.5. The molecule has 2 heterocycles. The fraction of sp³-hybridized carbons (Fsp3) is 0. The minimum atomic E-state index is -0.480. The van der Waals surface area contributed by atoms with Gasteiger partial charge in [-0.05, 0) is 28.6 Å². The van der Waals surface area contributed by atoms with Crippen molar-refractivity contribution < 1.29 is 9.59 Å². The second-order valence-corrected chi connectivity index (χ2v) is 5.01. The van der Waals surface area contributed by atoms with Crippen LogP contribution in [0.1, 0.15) is 5.56 Å². The highest BCUT2D eigenvalue weighted by Gasteiger charge is 2.22. The molecule has 0 bridgehead atoms. The van der Waals surface area contributed by atoms with Gasteiger partial charge in [-0.25, -0.2) is 4.79 Å². The Morgan fingerprint density at radius 2 is 1.79 bits per heavy atom. The number of rotatable bonds is 2. The molecule has 0 saturated carbocycles. The van der Waals surface area contributed by atoms with E-state index in [0.29, 0.717) is 0 Å². The molecule has 1 aromatic heterocycles. The highest BCUT2D eigenvalue weighted by atomic mass is 32.1. The van der Waals surface area contributed by atoms with Crippen LogP contribution in [0.5, 0.6) is 0 Å². The molecule has 1 aliphatic heterocycles. The van der Waals surface area contributed by atoms with Crippen molar-refractivity contribution >= 4 is 29.4 Å². The van der Waals surface area contributed by atoms with E-state index in [4.69, 9.17) is 0 Å². The van der Waals surface area contributed by atoms with Crippen LogP contribution in [0.4, 0.5) is 4.79 Å². The Hall–Kier alpha value is -2.40. The molecular weight excluding hydrogens is 260 g/mol. The number of carbonyl (C=O) groups is 2. The maximum absolute atomic E-state index is 11.4. The summed E-state index contributed by atoms with van der Waals surface area (Å²) in [5.41, 5.74) is 2.28. The highest BCUT2D eigenvalue weighted by Crippen LogP contribution is 2.25. The summed E-state index contributed by atoms with van der Waals surface area (Å²) in [6.07, 6.45) is 1.65. The van der Waals surface area contributed by atoms with E-state index in [1.807, 2.05) is 35.7 Å². The summed E-state index contributed by atoms with van der Waals surface area (Å²) in [6, 6.07) is 11.4. The molecule has 2 N–H and O–H groups in total. The Morgan fingerprint density at radius 1 is 1.00 bits per heavy atom. The van der Waals surface area contributed by atoms with Gasteiger partial charge in [0.15, 0.2) is 0 Å². The summed E-state index contributed by atoms with van der Waals surface area (Å²) in [5, 5.41) is 6.65. The van der Waals surface area contributed by atoms with Crippen LogP contribution in [0.15, 0.2) is 47.5 Å². The van der Waals surface area contributed by atoms with Crippen molar-refractivity contribution in [3.8, 4) is 10.4 Å². The monoisotopic (exact) mass is 270 g/mol. The molecule has 3 amide bonds. The predicted molar refractivity (Wildman–Crippen MR) is 74.4 cm³/mol. The summed E-state index contributed by atoms with van der Waals surface area (Å²) in [5.74, 6) is -0.396. The Morgan fingerprint density at radius 3 is 2.37 bits per heavy atom. The molecule has 0 radical (unpaired) electrons. The summed E-state index contributed by atoms with van der Waals surface area (Å²) >= 11 is 1.68. The zero-order valence-corrected chi connectivity index (χ0v) is 10.7. The quantitative estimate of drug-likeness (QED) is 0.651. The van der Waals surface area contributed by atoms with Crippen LogP contribution in [0, 0.1) is 0 Å². The number of carbonyl (C=O) groups excluding carboxylic acids is 2. The lowest BCUT2D eigenvalue weighted by Gasteiger charge is -1.99. The minimum absolute atomic E-state index is 0.272. The molecule has 4 nitrogen and oxygen atoms in total. The minimum Gasteiger partial charge on any atom is -0.303 e. The molecule has 0 unspecified atom stereocenters. The number of benzene rings is 1. The van der Waals surface area contributed by atoms with Crippen LogP contribution < -0.4 is 10.6 Å². The molecule has 1 fully saturated rings. The maximum atomic E-state index is 11.4.